The molecule has 1 saturated heterocycles. The number of hydrogen-bond acceptors (Lipinski definition) is 8. The fourth-order valence-electron chi connectivity index (χ4n) is 4.24. The molecule has 2 aliphatic rings. The number of nitrogens with zero attached hydrogens (tertiary/aromatic N) is 2. The lowest BCUT2D eigenvalue weighted by Gasteiger charge is -2.39. The van der Waals surface area contributed by atoms with Gasteiger partial charge in [-0.05, 0) is 43.2 Å². The SMILES string of the molecule is COc1ccc(C(=O)Cc2ccc(F)c([C@]3(C)CS(=O)(=O)[C@@]4(CCOC4)C(N)=N3)c2)nc1. The molecule has 2 aromatic rings. The van der Waals surface area contributed by atoms with Crippen LogP contribution in [0, 0.1) is 5.82 Å². The Morgan fingerprint density at radius 3 is 2.69 bits per heavy atom. The number of rotatable bonds is 5. The van der Waals surface area contributed by atoms with Crippen molar-refractivity contribution in [2.24, 2.45) is 10.7 Å². The summed E-state index contributed by atoms with van der Waals surface area (Å²) in [6.45, 7) is 1.76. The van der Waals surface area contributed by atoms with Crippen LogP contribution in [0.4, 0.5) is 4.39 Å². The highest BCUT2D eigenvalue weighted by Crippen LogP contribution is 2.41. The number of nitrogens with two attached hydrogens (primary N) is 1. The molecule has 3 heterocycles. The van der Waals surface area contributed by atoms with E-state index in [-0.39, 0.29) is 48.9 Å². The summed E-state index contributed by atoms with van der Waals surface area (Å²) in [7, 11) is -2.26. The van der Waals surface area contributed by atoms with Gasteiger partial charge >= 0.3 is 0 Å². The van der Waals surface area contributed by atoms with E-state index < -0.39 is 31.7 Å². The van der Waals surface area contributed by atoms with E-state index in [0.29, 0.717) is 11.3 Å². The summed E-state index contributed by atoms with van der Waals surface area (Å²) >= 11 is 0. The minimum Gasteiger partial charge on any atom is -0.495 e. The Morgan fingerprint density at radius 2 is 2.09 bits per heavy atom. The van der Waals surface area contributed by atoms with Crippen LogP contribution >= 0.6 is 0 Å². The Balaban J connectivity index is 1.66. The number of Topliss-reactive ketones (excluding diaryl/α,β-unsaturated/α-hetero) is 1. The molecule has 0 radical (unpaired) electrons. The molecule has 1 aromatic heterocycles. The molecule has 0 aliphatic carbocycles. The molecule has 32 heavy (non-hydrogen) atoms. The van der Waals surface area contributed by atoms with Crippen molar-refractivity contribution in [1.29, 1.82) is 0 Å². The third-order valence-corrected chi connectivity index (χ3v) is 8.78. The van der Waals surface area contributed by atoms with Gasteiger partial charge in [-0.15, -0.1) is 0 Å². The number of aliphatic imine (C=N–C) groups is 1. The Labute approximate surface area is 185 Å². The number of hydrogen-bond donors (Lipinski definition) is 1. The first-order chi connectivity index (χ1) is 15.1. The van der Waals surface area contributed by atoms with Crippen molar-refractivity contribution in [3.05, 3.63) is 59.2 Å². The Hall–Kier alpha value is -2.85. The lowest BCUT2D eigenvalue weighted by Crippen LogP contribution is -2.58. The van der Waals surface area contributed by atoms with Crippen molar-refractivity contribution in [2.75, 3.05) is 26.1 Å². The molecule has 8 nitrogen and oxygen atoms in total. The number of halogens is 1. The fourth-order valence-corrected chi connectivity index (χ4v) is 6.49. The van der Waals surface area contributed by atoms with Gasteiger partial charge in [0.25, 0.3) is 0 Å². The quantitative estimate of drug-likeness (QED) is 0.674. The summed E-state index contributed by atoms with van der Waals surface area (Å²) < 4.78 is 50.2. The van der Waals surface area contributed by atoms with Gasteiger partial charge < -0.3 is 15.2 Å². The summed E-state index contributed by atoms with van der Waals surface area (Å²) in [5.74, 6) is -0.823. The van der Waals surface area contributed by atoms with Gasteiger partial charge in [-0.1, -0.05) is 6.07 Å². The average Bonchev–Trinajstić information content (AvgIpc) is 3.26. The standard InChI is InChI=1S/C22H24FN3O5S/c1-21(13-32(28,29)22(20(24)26-21)7-8-31-12-22)16-9-14(3-5-17(16)23)10-19(27)18-6-4-15(30-2)11-25-18/h3-6,9,11H,7-8,10,12-13H2,1-2H3,(H2,24,26)/t21-,22+/m0/s1. The zero-order valence-corrected chi connectivity index (χ0v) is 18.6. The number of methoxy groups -OCH3 is 1. The van der Waals surface area contributed by atoms with E-state index in [1.165, 1.54) is 38.4 Å². The van der Waals surface area contributed by atoms with Gasteiger partial charge in [0.15, 0.2) is 20.4 Å². The lowest BCUT2D eigenvalue weighted by molar-refractivity contribution is 0.0988. The van der Waals surface area contributed by atoms with E-state index in [9.17, 15) is 17.6 Å². The lowest BCUT2D eigenvalue weighted by atomic mass is 9.90. The molecule has 10 heteroatoms. The predicted octanol–water partition coefficient (Wildman–Crippen LogP) is 1.81. The van der Waals surface area contributed by atoms with Crippen molar-refractivity contribution in [2.45, 2.75) is 30.1 Å². The number of ether oxygens (including phenoxy) is 2. The number of aromatic nitrogens is 1. The number of pyridine rings is 1. The first-order valence-corrected chi connectivity index (χ1v) is 11.7. The summed E-state index contributed by atoms with van der Waals surface area (Å²) in [6.07, 6.45) is 1.64. The van der Waals surface area contributed by atoms with Crippen LogP contribution in [0.25, 0.3) is 0 Å². The molecule has 1 spiro atoms. The summed E-state index contributed by atoms with van der Waals surface area (Å²) in [6, 6.07) is 7.36. The molecular formula is C22H24FN3O5S. The number of benzene rings is 1. The molecule has 0 amide bonds. The molecule has 2 atom stereocenters. The highest BCUT2D eigenvalue weighted by atomic mass is 32.2. The van der Waals surface area contributed by atoms with Crippen LogP contribution in [0.1, 0.15) is 35.0 Å². The zero-order chi connectivity index (χ0) is 23.1. The van der Waals surface area contributed by atoms with Gasteiger partial charge in [0, 0.05) is 18.6 Å². The molecular weight excluding hydrogens is 437 g/mol. The first-order valence-electron chi connectivity index (χ1n) is 10.1. The molecule has 2 N–H and O–H groups in total. The average molecular weight is 462 g/mol. The highest BCUT2D eigenvalue weighted by Gasteiger charge is 2.57. The summed E-state index contributed by atoms with van der Waals surface area (Å²) in [4.78, 5) is 21.2. The molecule has 4 rings (SSSR count). The van der Waals surface area contributed by atoms with Crippen LogP contribution in [-0.4, -0.2) is 55.8 Å². The minimum atomic E-state index is -3.77. The predicted molar refractivity (Wildman–Crippen MR) is 116 cm³/mol. The van der Waals surface area contributed by atoms with E-state index >= 15 is 0 Å². The topological polar surface area (TPSA) is 121 Å². The van der Waals surface area contributed by atoms with Crippen LogP contribution < -0.4 is 10.5 Å². The van der Waals surface area contributed by atoms with Gasteiger partial charge in [-0.25, -0.2) is 17.8 Å². The number of carbonyl (C=O) groups excluding carboxylic acids is 1. The highest BCUT2D eigenvalue weighted by molar-refractivity contribution is 7.93. The van der Waals surface area contributed by atoms with Crippen LogP contribution in [-0.2, 0) is 26.5 Å². The normalized spacial score (nSPS) is 26.7. The molecule has 0 unspecified atom stereocenters. The Morgan fingerprint density at radius 1 is 1.31 bits per heavy atom. The number of carbonyl (C=O) groups is 1. The third-order valence-electron chi connectivity index (χ3n) is 6.12. The minimum absolute atomic E-state index is 0.0353. The van der Waals surface area contributed by atoms with Crippen LogP contribution in [0.15, 0.2) is 41.5 Å². The van der Waals surface area contributed by atoms with Crippen LogP contribution in [0.5, 0.6) is 5.75 Å². The maximum absolute atomic E-state index is 14.9. The van der Waals surface area contributed by atoms with Crippen molar-refractivity contribution in [3.8, 4) is 5.75 Å². The molecule has 2 aliphatic heterocycles. The summed E-state index contributed by atoms with van der Waals surface area (Å²) in [5, 5.41) is 0. The van der Waals surface area contributed by atoms with Gasteiger partial charge in [-0.3, -0.25) is 9.79 Å². The van der Waals surface area contributed by atoms with Gasteiger partial charge in [0.05, 0.1) is 25.7 Å². The third kappa shape index (κ3) is 3.67. The van der Waals surface area contributed by atoms with Crippen LogP contribution in [0.3, 0.4) is 0 Å². The van der Waals surface area contributed by atoms with E-state index in [1.54, 1.807) is 12.1 Å². The maximum atomic E-state index is 14.9. The van der Waals surface area contributed by atoms with E-state index in [2.05, 4.69) is 9.98 Å². The van der Waals surface area contributed by atoms with Gasteiger partial charge in [-0.2, -0.15) is 0 Å². The van der Waals surface area contributed by atoms with Crippen molar-refractivity contribution in [1.82, 2.24) is 4.98 Å². The molecule has 170 valence electrons. The number of sulfone groups is 1. The van der Waals surface area contributed by atoms with E-state index in [4.69, 9.17) is 15.2 Å². The molecule has 1 aromatic carbocycles. The van der Waals surface area contributed by atoms with Crippen LogP contribution in [0.2, 0.25) is 0 Å². The Bertz CT molecular complexity index is 1190. The fraction of sp³-hybridized carbons (Fsp3) is 0.409. The molecule has 1 fully saturated rings. The van der Waals surface area contributed by atoms with Gasteiger partial charge in [0.2, 0.25) is 0 Å². The van der Waals surface area contributed by atoms with E-state index in [1.807, 2.05) is 0 Å². The van der Waals surface area contributed by atoms with Gasteiger partial charge in [0.1, 0.15) is 28.6 Å². The zero-order valence-electron chi connectivity index (χ0n) is 17.8. The second kappa shape index (κ2) is 7.93. The van der Waals surface area contributed by atoms with Crippen molar-refractivity contribution in [3.63, 3.8) is 0 Å². The summed E-state index contributed by atoms with van der Waals surface area (Å²) in [5.41, 5.74) is 5.54. The molecule has 0 bridgehead atoms. The van der Waals surface area contributed by atoms with E-state index in [0.717, 1.165) is 0 Å². The second-order valence-corrected chi connectivity index (χ2v) is 10.6. The first kappa shape index (κ1) is 22.3. The number of ketones is 1. The monoisotopic (exact) mass is 461 g/mol. The smallest absolute Gasteiger partial charge is 0.185 e. The van der Waals surface area contributed by atoms with Crippen molar-refractivity contribution < 1.29 is 27.1 Å². The Kier molecular flexibility index (Phi) is 5.54. The second-order valence-electron chi connectivity index (χ2n) is 8.32. The number of amidine groups is 1. The van der Waals surface area contributed by atoms with Crippen molar-refractivity contribution >= 4 is 21.5 Å². The maximum Gasteiger partial charge on any atom is 0.185 e. The largest absolute Gasteiger partial charge is 0.495 e. The molecule has 0 saturated carbocycles.